The van der Waals surface area contributed by atoms with Crippen molar-refractivity contribution in [3.05, 3.63) is 11.1 Å². The van der Waals surface area contributed by atoms with Crippen LogP contribution < -0.4 is 0 Å². The first kappa shape index (κ1) is 24.3. The Kier molecular flexibility index (Phi) is 6.40. The Morgan fingerprint density at radius 3 is 2.38 bits per heavy atom. The van der Waals surface area contributed by atoms with E-state index in [1.807, 2.05) is 6.92 Å². The second-order valence-electron chi connectivity index (χ2n) is 13.2. The minimum atomic E-state index is -1.02. The molecule has 0 aliphatic heterocycles. The number of carbonyl (C=O) groups is 1. The van der Waals surface area contributed by atoms with Gasteiger partial charge in [-0.3, -0.25) is 4.79 Å². The van der Waals surface area contributed by atoms with Crippen LogP contribution in [0.4, 0.5) is 0 Å². The fraction of sp³-hybridized carbons (Fsp3) is 0.897. The highest BCUT2D eigenvalue weighted by molar-refractivity contribution is 5.76. The standard InChI is InChI=1S/C29H48O3/c1-18(2)8-7-9-19(3)21-11-12-22-20-10-13-24-28(5,23(20)14-16-27(21,22)4)17-15-25(30)29(24,6)26(31)32/h18-19,21-22,24-25,30H,7-17H2,1-6H3,(H,31,32). The monoisotopic (exact) mass is 444 g/mol. The molecule has 0 aromatic carbocycles. The Hall–Kier alpha value is -0.830. The second kappa shape index (κ2) is 8.43. The first-order valence-electron chi connectivity index (χ1n) is 13.6. The van der Waals surface area contributed by atoms with Crippen LogP contribution in [0.2, 0.25) is 0 Å². The fourth-order valence-corrected chi connectivity index (χ4v) is 9.30. The third-order valence-electron chi connectivity index (χ3n) is 11.2. The summed E-state index contributed by atoms with van der Waals surface area (Å²) < 4.78 is 0. The molecular formula is C29H48O3. The maximum atomic E-state index is 12.3. The van der Waals surface area contributed by atoms with Crippen LogP contribution in [-0.4, -0.2) is 22.3 Å². The van der Waals surface area contributed by atoms with Gasteiger partial charge in [-0.25, -0.2) is 0 Å². The molecule has 0 aromatic heterocycles. The summed E-state index contributed by atoms with van der Waals surface area (Å²) in [4.78, 5) is 12.3. The second-order valence-corrected chi connectivity index (χ2v) is 13.2. The molecule has 4 rings (SSSR count). The smallest absolute Gasteiger partial charge is 0.312 e. The van der Waals surface area contributed by atoms with Gasteiger partial charge in [0.2, 0.25) is 0 Å². The number of aliphatic carboxylic acids is 1. The van der Waals surface area contributed by atoms with Crippen molar-refractivity contribution in [2.45, 2.75) is 118 Å². The van der Waals surface area contributed by atoms with Crippen molar-refractivity contribution in [2.75, 3.05) is 0 Å². The van der Waals surface area contributed by atoms with Gasteiger partial charge in [0.25, 0.3) is 0 Å². The topological polar surface area (TPSA) is 57.5 Å². The van der Waals surface area contributed by atoms with Crippen molar-refractivity contribution in [1.82, 2.24) is 0 Å². The zero-order valence-electron chi connectivity index (χ0n) is 21.5. The van der Waals surface area contributed by atoms with E-state index in [9.17, 15) is 15.0 Å². The Bertz CT molecular complexity index is 768. The van der Waals surface area contributed by atoms with Crippen molar-refractivity contribution < 1.29 is 15.0 Å². The molecule has 3 nitrogen and oxygen atoms in total. The predicted octanol–water partition coefficient (Wildman–Crippen LogP) is 7.23. The molecule has 0 heterocycles. The maximum Gasteiger partial charge on any atom is 0.312 e. The Morgan fingerprint density at radius 2 is 1.72 bits per heavy atom. The van der Waals surface area contributed by atoms with Crippen LogP contribution in [0, 0.1) is 45.8 Å². The van der Waals surface area contributed by atoms with Gasteiger partial charge in [-0.15, -0.1) is 0 Å². The summed E-state index contributed by atoms with van der Waals surface area (Å²) in [5.41, 5.74) is 2.68. The van der Waals surface area contributed by atoms with Crippen LogP contribution in [-0.2, 0) is 4.79 Å². The van der Waals surface area contributed by atoms with E-state index in [-0.39, 0.29) is 11.3 Å². The molecular weight excluding hydrogens is 396 g/mol. The summed E-state index contributed by atoms with van der Waals surface area (Å²) in [7, 11) is 0. The zero-order valence-corrected chi connectivity index (χ0v) is 21.5. The van der Waals surface area contributed by atoms with Crippen molar-refractivity contribution in [1.29, 1.82) is 0 Å². The summed E-state index contributed by atoms with van der Waals surface area (Å²) in [6.07, 6.45) is 12.0. The lowest BCUT2D eigenvalue weighted by Gasteiger charge is -2.59. The van der Waals surface area contributed by atoms with Gasteiger partial charge in [0.1, 0.15) is 0 Å². The summed E-state index contributed by atoms with van der Waals surface area (Å²) in [5, 5.41) is 20.9. The summed E-state index contributed by atoms with van der Waals surface area (Å²) in [6.45, 7) is 14.0. The summed E-state index contributed by atoms with van der Waals surface area (Å²) in [5.74, 6) is 2.38. The minimum Gasteiger partial charge on any atom is -0.481 e. The molecule has 0 aromatic rings. The number of allylic oxidation sites excluding steroid dienone is 2. The van der Waals surface area contributed by atoms with Gasteiger partial charge in [0, 0.05) is 0 Å². The number of carboxylic acid groups (broad SMARTS) is 1. The van der Waals surface area contributed by atoms with Crippen LogP contribution >= 0.6 is 0 Å². The van der Waals surface area contributed by atoms with Gasteiger partial charge in [0.15, 0.2) is 0 Å². The van der Waals surface area contributed by atoms with E-state index in [1.165, 1.54) is 38.5 Å². The molecule has 0 bridgehead atoms. The molecule has 0 spiro atoms. The van der Waals surface area contributed by atoms with E-state index in [4.69, 9.17) is 0 Å². The number of hydrogen-bond acceptors (Lipinski definition) is 2. The van der Waals surface area contributed by atoms with E-state index in [0.29, 0.717) is 17.8 Å². The number of hydrogen-bond donors (Lipinski definition) is 2. The van der Waals surface area contributed by atoms with Gasteiger partial charge in [-0.05, 0) is 98.7 Å². The van der Waals surface area contributed by atoms with Crippen LogP contribution in [0.15, 0.2) is 11.1 Å². The first-order valence-corrected chi connectivity index (χ1v) is 13.6. The third kappa shape index (κ3) is 3.51. The van der Waals surface area contributed by atoms with E-state index in [1.54, 1.807) is 11.1 Å². The average Bonchev–Trinajstić information content (AvgIpc) is 3.08. The molecule has 0 amide bonds. The quantitative estimate of drug-likeness (QED) is 0.425. The van der Waals surface area contributed by atoms with Crippen LogP contribution in [0.1, 0.15) is 112 Å². The maximum absolute atomic E-state index is 12.3. The molecule has 4 aliphatic rings. The summed E-state index contributed by atoms with van der Waals surface area (Å²) in [6, 6.07) is 0. The third-order valence-corrected chi connectivity index (χ3v) is 11.2. The largest absolute Gasteiger partial charge is 0.481 e. The molecule has 32 heavy (non-hydrogen) atoms. The van der Waals surface area contributed by atoms with Crippen molar-refractivity contribution in [3.8, 4) is 0 Å². The number of rotatable bonds is 6. The van der Waals surface area contributed by atoms with Gasteiger partial charge < -0.3 is 10.2 Å². The molecule has 4 aliphatic carbocycles. The lowest BCUT2D eigenvalue weighted by Crippen LogP contribution is -2.58. The van der Waals surface area contributed by atoms with Gasteiger partial charge in [-0.1, -0.05) is 65.0 Å². The SMILES string of the molecule is CC(C)CCCC(C)C1CCC2C3=C(CCC21C)C1(C)CCC(O)C(C)(C(=O)O)C1CC3. The number of aliphatic hydroxyl groups is 1. The van der Waals surface area contributed by atoms with Crippen molar-refractivity contribution in [3.63, 3.8) is 0 Å². The minimum absolute atomic E-state index is 0.0477. The van der Waals surface area contributed by atoms with Gasteiger partial charge >= 0.3 is 5.97 Å². The Labute approximate surface area is 196 Å². The molecule has 0 saturated heterocycles. The van der Waals surface area contributed by atoms with Crippen LogP contribution in [0.3, 0.4) is 0 Å². The normalized spacial score (nSPS) is 44.8. The molecule has 8 atom stereocenters. The lowest BCUT2D eigenvalue weighted by atomic mass is 9.45. The lowest BCUT2D eigenvalue weighted by molar-refractivity contribution is -0.175. The number of aliphatic hydroxyl groups excluding tert-OH is 1. The van der Waals surface area contributed by atoms with E-state index < -0.39 is 17.5 Å². The highest BCUT2D eigenvalue weighted by atomic mass is 16.4. The molecule has 2 N–H and O–H groups in total. The molecule has 3 heteroatoms. The van der Waals surface area contributed by atoms with Crippen LogP contribution in [0.5, 0.6) is 0 Å². The molecule has 8 unspecified atom stereocenters. The molecule has 182 valence electrons. The highest BCUT2D eigenvalue weighted by Crippen LogP contribution is 2.68. The highest BCUT2D eigenvalue weighted by Gasteiger charge is 2.62. The van der Waals surface area contributed by atoms with Crippen LogP contribution in [0.25, 0.3) is 0 Å². The zero-order chi connectivity index (χ0) is 23.5. The number of carboxylic acids is 1. The number of fused-ring (bicyclic) bond motifs is 4. The predicted molar refractivity (Wildman–Crippen MR) is 130 cm³/mol. The van der Waals surface area contributed by atoms with Crippen molar-refractivity contribution >= 4 is 5.97 Å². The van der Waals surface area contributed by atoms with Gasteiger partial charge in [0.05, 0.1) is 11.5 Å². The van der Waals surface area contributed by atoms with E-state index >= 15 is 0 Å². The van der Waals surface area contributed by atoms with E-state index in [0.717, 1.165) is 43.4 Å². The molecule has 2 saturated carbocycles. The van der Waals surface area contributed by atoms with Crippen molar-refractivity contribution in [2.24, 2.45) is 45.8 Å². The Balaban J connectivity index is 1.60. The van der Waals surface area contributed by atoms with E-state index in [2.05, 4.69) is 34.6 Å². The Morgan fingerprint density at radius 1 is 1.00 bits per heavy atom. The average molecular weight is 445 g/mol. The molecule has 0 radical (unpaired) electrons. The first-order chi connectivity index (χ1) is 15.0. The molecule has 2 fully saturated rings. The summed E-state index contributed by atoms with van der Waals surface area (Å²) >= 11 is 0. The van der Waals surface area contributed by atoms with Gasteiger partial charge in [-0.2, -0.15) is 0 Å². The fourth-order valence-electron chi connectivity index (χ4n) is 9.30.